The van der Waals surface area contributed by atoms with Crippen LogP contribution in [-0.2, 0) is 43.0 Å². The van der Waals surface area contributed by atoms with Crippen LogP contribution in [0.3, 0.4) is 0 Å². The van der Waals surface area contributed by atoms with E-state index in [0.29, 0.717) is 0 Å². The second kappa shape index (κ2) is 17.8. The molecule has 1 heterocycles. The molecule has 0 saturated carbocycles. The molecule has 0 radical (unpaired) electrons. The van der Waals surface area contributed by atoms with Crippen LogP contribution >= 0.6 is 0 Å². The SMILES string of the molecule is CC(C)CC1C(=O)O[C@@H](C(C)C)C(=O)N(C)C(C(C)C)C(=O)O[C@@H](C(C)C)C(=O)N(C)C(CC(C)C)C(=O)O[C@@H](C(C)C)C(=O)N1C. The molecule has 0 spiro atoms. The lowest BCUT2D eigenvalue weighted by Crippen LogP contribution is -2.57. The average molecular weight is 668 g/mol. The first-order chi connectivity index (χ1) is 21.5. The van der Waals surface area contributed by atoms with Gasteiger partial charge in [-0.2, -0.15) is 0 Å². The number of carbonyl (C=O) groups is 6. The van der Waals surface area contributed by atoms with Crippen molar-refractivity contribution >= 4 is 35.6 Å². The number of amides is 3. The highest BCUT2D eigenvalue weighted by atomic mass is 16.6. The molecule has 1 aliphatic heterocycles. The Morgan fingerprint density at radius 2 is 0.723 bits per heavy atom. The van der Waals surface area contributed by atoms with Crippen molar-refractivity contribution in [1.29, 1.82) is 0 Å². The molecule has 0 bridgehead atoms. The third-order valence-electron chi connectivity index (χ3n) is 8.48. The number of hydrogen-bond acceptors (Lipinski definition) is 9. The molecular weight excluding hydrogens is 606 g/mol. The zero-order chi connectivity index (χ0) is 36.7. The van der Waals surface area contributed by atoms with Crippen molar-refractivity contribution in [2.75, 3.05) is 21.1 Å². The molecule has 12 heteroatoms. The van der Waals surface area contributed by atoms with E-state index in [1.807, 2.05) is 27.7 Å². The van der Waals surface area contributed by atoms with E-state index in [1.165, 1.54) is 35.8 Å². The van der Waals surface area contributed by atoms with E-state index in [9.17, 15) is 28.8 Å². The van der Waals surface area contributed by atoms with Gasteiger partial charge in [-0.05, 0) is 48.3 Å². The number of carbonyl (C=O) groups excluding carboxylic acids is 6. The van der Waals surface area contributed by atoms with Crippen molar-refractivity contribution in [3.63, 3.8) is 0 Å². The topological polar surface area (TPSA) is 140 Å². The molecule has 0 N–H and O–H groups in total. The third kappa shape index (κ3) is 10.9. The van der Waals surface area contributed by atoms with E-state index in [0.717, 1.165) is 0 Å². The fourth-order valence-corrected chi connectivity index (χ4v) is 5.66. The number of hydrogen-bond donors (Lipinski definition) is 0. The largest absolute Gasteiger partial charge is 0.450 e. The van der Waals surface area contributed by atoms with Crippen molar-refractivity contribution < 1.29 is 43.0 Å². The van der Waals surface area contributed by atoms with Gasteiger partial charge in [0.1, 0.15) is 18.1 Å². The van der Waals surface area contributed by atoms with Gasteiger partial charge < -0.3 is 28.9 Å². The molecule has 3 unspecified atom stereocenters. The first-order valence-corrected chi connectivity index (χ1v) is 17.0. The lowest BCUT2D eigenvalue weighted by molar-refractivity contribution is -0.180. The van der Waals surface area contributed by atoms with Crippen molar-refractivity contribution in [2.24, 2.45) is 35.5 Å². The van der Waals surface area contributed by atoms with Gasteiger partial charge >= 0.3 is 17.9 Å². The van der Waals surface area contributed by atoms with Crippen molar-refractivity contribution in [1.82, 2.24) is 14.7 Å². The minimum Gasteiger partial charge on any atom is -0.450 e. The Labute approximate surface area is 282 Å². The van der Waals surface area contributed by atoms with Crippen molar-refractivity contribution in [3.8, 4) is 0 Å². The fourth-order valence-electron chi connectivity index (χ4n) is 5.66. The van der Waals surface area contributed by atoms with Crippen molar-refractivity contribution in [2.45, 2.75) is 132 Å². The molecule has 0 aromatic carbocycles. The van der Waals surface area contributed by atoms with Gasteiger partial charge in [-0.25, -0.2) is 14.4 Å². The summed E-state index contributed by atoms with van der Waals surface area (Å²) in [5.74, 6) is -6.13. The molecule has 0 aliphatic carbocycles. The molecule has 1 fully saturated rings. The Hall–Kier alpha value is -3.18. The molecule has 12 nitrogen and oxygen atoms in total. The zero-order valence-corrected chi connectivity index (χ0v) is 31.4. The van der Waals surface area contributed by atoms with Gasteiger partial charge in [-0.15, -0.1) is 0 Å². The number of rotatable bonds is 8. The molecule has 6 atom stereocenters. The number of esters is 3. The zero-order valence-electron chi connectivity index (χ0n) is 31.4. The summed E-state index contributed by atoms with van der Waals surface area (Å²) in [6.45, 7) is 21.4. The van der Waals surface area contributed by atoms with E-state index in [-0.39, 0.29) is 24.7 Å². The predicted octanol–water partition coefficient (Wildman–Crippen LogP) is 3.93. The highest BCUT2D eigenvalue weighted by molar-refractivity contribution is 5.94. The molecule has 0 aromatic heterocycles. The Morgan fingerprint density at radius 3 is 0.979 bits per heavy atom. The Morgan fingerprint density at radius 1 is 0.447 bits per heavy atom. The molecule has 0 aromatic rings. The average Bonchev–Trinajstić information content (AvgIpc) is 2.95. The minimum atomic E-state index is -1.28. The maximum absolute atomic E-state index is 14.0. The molecule has 270 valence electrons. The summed E-state index contributed by atoms with van der Waals surface area (Å²) in [6, 6.07) is -3.29. The Kier molecular flexibility index (Phi) is 15.9. The van der Waals surface area contributed by atoms with Crippen LogP contribution in [0.2, 0.25) is 0 Å². The normalized spacial score (nSPS) is 26.9. The number of likely N-dealkylation sites (N-methyl/N-ethyl adjacent to an activating group) is 3. The van der Waals surface area contributed by atoms with Crippen LogP contribution in [0, 0.1) is 35.5 Å². The molecule has 1 saturated heterocycles. The summed E-state index contributed by atoms with van der Waals surface area (Å²) in [5.41, 5.74) is 0. The number of nitrogens with zero attached hydrogens (tertiary/aromatic N) is 3. The maximum atomic E-state index is 14.0. The highest BCUT2D eigenvalue weighted by Crippen LogP contribution is 2.25. The van der Waals surface area contributed by atoms with Crippen LogP contribution in [0.25, 0.3) is 0 Å². The van der Waals surface area contributed by atoms with E-state index in [2.05, 4.69) is 0 Å². The molecule has 1 rings (SSSR count). The maximum Gasteiger partial charge on any atom is 0.329 e. The van der Waals surface area contributed by atoms with Crippen LogP contribution in [-0.4, -0.2) is 108 Å². The molecular formula is C35H61N3O9. The summed E-state index contributed by atoms with van der Waals surface area (Å²) >= 11 is 0. The Bertz CT molecular complexity index is 1100. The summed E-state index contributed by atoms with van der Waals surface area (Å²) in [5, 5.41) is 0. The monoisotopic (exact) mass is 667 g/mol. The van der Waals surface area contributed by atoms with Gasteiger partial charge in [0, 0.05) is 21.1 Å². The summed E-state index contributed by atoms with van der Waals surface area (Å²) in [7, 11) is 4.35. The van der Waals surface area contributed by atoms with Crippen molar-refractivity contribution in [3.05, 3.63) is 0 Å². The minimum absolute atomic E-state index is 0.0411. The van der Waals surface area contributed by atoms with Gasteiger partial charge in [0.2, 0.25) is 0 Å². The van der Waals surface area contributed by atoms with Gasteiger partial charge in [0.05, 0.1) is 0 Å². The standard InChI is InChI=1S/C35H61N3O9/c1-18(2)16-24-33(42)45-27(21(7)8)30(39)36(13)25(17-19(3)4)34(43)46-29(23(11)12)32(41)38(15)26(20(5)6)35(44)47-28(22(9)10)31(40)37(24)14/h18-29H,16-17H2,1-15H3/t24?,25?,26?,27-,28-,29-/m0/s1. The number of cyclic esters (lactones) is 3. The first-order valence-electron chi connectivity index (χ1n) is 17.0. The summed E-state index contributed by atoms with van der Waals surface area (Å²) < 4.78 is 17.6. The highest BCUT2D eigenvalue weighted by Gasteiger charge is 2.44. The van der Waals surface area contributed by atoms with E-state index < -0.39 is 95.7 Å². The van der Waals surface area contributed by atoms with Gasteiger partial charge in [0.15, 0.2) is 18.3 Å². The van der Waals surface area contributed by atoms with Crippen LogP contribution in [0.15, 0.2) is 0 Å². The van der Waals surface area contributed by atoms with E-state index >= 15 is 0 Å². The van der Waals surface area contributed by atoms with E-state index in [4.69, 9.17) is 14.2 Å². The second-order valence-corrected chi connectivity index (χ2v) is 15.1. The lowest BCUT2D eigenvalue weighted by atomic mass is 9.97. The van der Waals surface area contributed by atoms with Crippen LogP contribution in [0.4, 0.5) is 0 Å². The molecule has 47 heavy (non-hydrogen) atoms. The van der Waals surface area contributed by atoms with E-state index in [1.54, 1.807) is 55.4 Å². The Balaban J connectivity index is 3.96. The van der Waals surface area contributed by atoms with Crippen LogP contribution in [0.1, 0.15) is 95.9 Å². The smallest absolute Gasteiger partial charge is 0.329 e. The first kappa shape index (κ1) is 41.8. The lowest BCUT2D eigenvalue weighted by Gasteiger charge is -2.37. The quantitative estimate of drug-likeness (QED) is 0.278. The predicted molar refractivity (Wildman–Crippen MR) is 178 cm³/mol. The third-order valence-corrected chi connectivity index (χ3v) is 8.48. The summed E-state index contributed by atoms with van der Waals surface area (Å²) in [4.78, 5) is 87.0. The van der Waals surface area contributed by atoms with Crippen LogP contribution < -0.4 is 0 Å². The van der Waals surface area contributed by atoms with Gasteiger partial charge in [-0.3, -0.25) is 14.4 Å². The van der Waals surface area contributed by atoms with Gasteiger partial charge in [-0.1, -0.05) is 83.1 Å². The van der Waals surface area contributed by atoms with Crippen LogP contribution in [0.5, 0.6) is 0 Å². The molecule has 3 amide bonds. The summed E-state index contributed by atoms with van der Waals surface area (Å²) in [6.07, 6.45) is -3.38. The second-order valence-electron chi connectivity index (χ2n) is 15.1. The number of ether oxygens (including phenoxy) is 3. The van der Waals surface area contributed by atoms with Gasteiger partial charge in [0.25, 0.3) is 17.7 Å². The fraction of sp³-hybridized carbons (Fsp3) is 0.829. The molecule has 1 aliphatic rings.